The Kier molecular flexibility index (Phi) is 3.76. The largest absolute Gasteiger partial charge is 0.356 e. The summed E-state index contributed by atoms with van der Waals surface area (Å²) in [5.41, 5.74) is 1.34. The van der Waals surface area contributed by atoms with E-state index in [1.807, 2.05) is 48.5 Å². The number of rotatable bonds is 5. The number of carbonyl (C=O) groups is 1. The van der Waals surface area contributed by atoms with Gasteiger partial charge in [-0.1, -0.05) is 60.7 Å². The molecule has 0 aromatic heterocycles. The Bertz CT molecular complexity index is 685. The van der Waals surface area contributed by atoms with E-state index >= 15 is 0 Å². The fourth-order valence-electron chi connectivity index (χ4n) is 3.77. The minimum absolute atomic E-state index is 0.0808. The molecule has 2 aliphatic rings. The molecule has 2 aromatic carbocycles. The van der Waals surface area contributed by atoms with Crippen LogP contribution in [0.2, 0.25) is 0 Å². The summed E-state index contributed by atoms with van der Waals surface area (Å²) < 4.78 is 5.97. The first-order valence-corrected chi connectivity index (χ1v) is 8.35. The number of ketones is 1. The zero-order valence-electron chi connectivity index (χ0n) is 13.1. The Labute approximate surface area is 136 Å². The molecule has 23 heavy (non-hydrogen) atoms. The Morgan fingerprint density at radius 1 is 1.04 bits per heavy atom. The Hall–Kier alpha value is -1.97. The summed E-state index contributed by atoms with van der Waals surface area (Å²) >= 11 is 0. The predicted octanol–water partition coefficient (Wildman–Crippen LogP) is 3.35. The highest BCUT2D eigenvalue weighted by molar-refractivity contribution is 6.05. The molecular formula is C20H21NO2. The second-order valence-corrected chi connectivity index (χ2v) is 6.44. The molecule has 3 heteroatoms. The van der Waals surface area contributed by atoms with Crippen molar-refractivity contribution < 1.29 is 9.53 Å². The standard InChI is InChI=1S/C20H21NO2/c22-19(16-10-5-2-6-11-16)20-17(12-7-13-18(20)23-20)21-14-15-8-3-1-4-9-15/h1-6,8-11,17-18,21H,7,12-14H2/t17-,18+,20-/m0/s1. The zero-order valence-corrected chi connectivity index (χ0v) is 13.1. The highest BCUT2D eigenvalue weighted by atomic mass is 16.6. The summed E-state index contributed by atoms with van der Waals surface area (Å²) in [4.78, 5) is 13.0. The van der Waals surface area contributed by atoms with Gasteiger partial charge in [0.15, 0.2) is 11.4 Å². The fourth-order valence-corrected chi connectivity index (χ4v) is 3.77. The lowest BCUT2D eigenvalue weighted by atomic mass is 9.79. The van der Waals surface area contributed by atoms with E-state index in [-0.39, 0.29) is 17.9 Å². The number of hydrogen-bond donors (Lipinski definition) is 1. The fraction of sp³-hybridized carbons (Fsp3) is 0.350. The average Bonchev–Trinajstić information content (AvgIpc) is 3.37. The van der Waals surface area contributed by atoms with Gasteiger partial charge in [-0.15, -0.1) is 0 Å². The van der Waals surface area contributed by atoms with Crippen LogP contribution in [0.25, 0.3) is 0 Å². The smallest absolute Gasteiger partial charge is 0.198 e. The first-order chi connectivity index (χ1) is 11.3. The van der Waals surface area contributed by atoms with Gasteiger partial charge in [0.1, 0.15) is 0 Å². The zero-order chi connectivity index (χ0) is 15.7. The van der Waals surface area contributed by atoms with Crippen LogP contribution in [0.1, 0.15) is 35.2 Å². The number of benzene rings is 2. The van der Waals surface area contributed by atoms with E-state index in [0.717, 1.165) is 31.4 Å². The molecule has 4 rings (SSSR count). The second-order valence-electron chi connectivity index (χ2n) is 6.44. The summed E-state index contributed by atoms with van der Waals surface area (Å²) in [5.74, 6) is 0.133. The van der Waals surface area contributed by atoms with Gasteiger partial charge in [0.25, 0.3) is 0 Å². The van der Waals surface area contributed by atoms with E-state index in [0.29, 0.717) is 0 Å². The van der Waals surface area contributed by atoms with Gasteiger partial charge in [0.05, 0.1) is 6.10 Å². The van der Waals surface area contributed by atoms with E-state index in [4.69, 9.17) is 4.74 Å². The van der Waals surface area contributed by atoms with E-state index in [2.05, 4.69) is 17.4 Å². The molecule has 1 aliphatic heterocycles. The molecule has 118 valence electrons. The maximum Gasteiger partial charge on any atom is 0.198 e. The minimum Gasteiger partial charge on any atom is -0.356 e. The highest BCUT2D eigenvalue weighted by Crippen LogP contribution is 2.49. The number of hydrogen-bond acceptors (Lipinski definition) is 3. The summed E-state index contributed by atoms with van der Waals surface area (Å²) in [5, 5.41) is 3.57. The molecule has 0 bridgehead atoms. The van der Waals surface area contributed by atoms with Crippen molar-refractivity contribution in [1.29, 1.82) is 0 Å². The van der Waals surface area contributed by atoms with E-state index in [1.165, 1.54) is 5.56 Å². The van der Waals surface area contributed by atoms with E-state index in [1.54, 1.807) is 0 Å². The summed E-state index contributed by atoms with van der Waals surface area (Å²) in [6.07, 6.45) is 3.17. The Morgan fingerprint density at radius 2 is 1.74 bits per heavy atom. The lowest BCUT2D eigenvalue weighted by molar-refractivity contribution is 0.0818. The molecule has 1 saturated heterocycles. The van der Waals surface area contributed by atoms with Crippen molar-refractivity contribution in [3.63, 3.8) is 0 Å². The lowest BCUT2D eigenvalue weighted by Gasteiger charge is -2.28. The van der Waals surface area contributed by atoms with E-state index in [9.17, 15) is 4.79 Å². The molecule has 0 unspecified atom stereocenters. The monoisotopic (exact) mass is 307 g/mol. The van der Waals surface area contributed by atoms with Crippen molar-refractivity contribution in [3.05, 3.63) is 71.8 Å². The molecule has 1 saturated carbocycles. The molecule has 0 spiro atoms. The molecule has 3 nitrogen and oxygen atoms in total. The third-order valence-electron chi connectivity index (χ3n) is 5.02. The van der Waals surface area contributed by atoms with Gasteiger partial charge in [0, 0.05) is 18.2 Å². The number of fused-ring (bicyclic) bond motifs is 1. The maximum absolute atomic E-state index is 13.0. The lowest BCUT2D eigenvalue weighted by Crippen LogP contribution is -2.50. The molecule has 3 atom stereocenters. The topological polar surface area (TPSA) is 41.6 Å². The highest BCUT2D eigenvalue weighted by Gasteiger charge is 2.67. The van der Waals surface area contributed by atoms with Gasteiger partial charge in [0.2, 0.25) is 0 Å². The first kappa shape index (κ1) is 14.6. The van der Waals surface area contributed by atoms with Crippen molar-refractivity contribution in [2.75, 3.05) is 0 Å². The van der Waals surface area contributed by atoms with Crippen LogP contribution in [0.3, 0.4) is 0 Å². The Morgan fingerprint density at radius 3 is 2.48 bits per heavy atom. The van der Waals surface area contributed by atoms with E-state index < -0.39 is 5.60 Å². The van der Waals surface area contributed by atoms with Gasteiger partial charge in [-0.3, -0.25) is 4.79 Å². The van der Waals surface area contributed by atoms with Crippen molar-refractivity contribution in [3.8, 4) is 0 Å². The molecule has 1 N–H and O–H groups in total. The third-order valence-corrected chi connectivity index (χ3v) is 5.02. The molecule has 0 radical (unpaired) electrons. The molecular weight excluding hydrogens is 286 g/mol. The first-order valence-electron chi connectivity index (χ1n) is 8.35. The van der Waals surface area contributed by atoms with Crippen molar-refractivity contribution in [2.24, 2.45) is 0 Å². The van der Waals surface area contributed by atoms with Crippen LogP contribution >= 0.6 is 0 Å². The van der Waals surface area contributed by atoms with Crippen LogP contribution in [0.4, 0.5) is 0 Å². The number of carbonyl (C=O) groups excluding carboxylic acids is 1. The Balaban J connectivity index is 1.53. The van der Waals surface area contributed by atoms with Crippen molar-refractivity contribution in [1.82, 2.24) is 5.32 Å². The average molecular weight is 307 g/mol. The normalized spacial score (nSPS) is 28.9. The third kappa shape index (κ3) is 2.60. The van der Waals surface area contributed by atoms with Gasteiger partial charge in [-0.05, 0) is 24.8 Å². The second kappa shape index (κ2) is 5.91. The number of Topliss-reactive ketones (excluding diaryl/α,β-unsaturated/α-hetero) is 1. The van der Waals surface area contributed by atoms with Gasteiger partial charge in [-0.2, -0.15) is 0 Å². The molecule has 2 aromatic rings. The number of epoxide rings is 1. The molecule has 0 amide bonds. The van der Waals surface area contributed by atoms with Gasteiger partial charge >= 0.3 is 0 Å². The number of nitrogens with one attached hydrogen (secondary N) is 1. The molecule has 1 heterocycles. The van der Waals surface area contributed by atoms with Crippen LogP contribution in [-0.2, 0) is 11.3 Å². The van der Waals surface area contributed by atoms with Crippen LogP contribution < -0.4 is 5.32 Å². The summed E-state index contributed by atoms with van der Waals surface area (Å²) in [7, 11) is 0. The maximum atomic E-state index is 13.0. The van der Waals surface area contributed by atoms with Crippen LogP contribution in [-0.4, -0.2) is 23.5 Å². The van der Waals surface area contributed by atoms with Gasteiger partial charge in [-0.25, -0.2) is 0 Å². The van der Waals surface area contributed by atoms with Crippen LogP contribution in [0.15, 0.2) is 60.7 Å². The quantitative estimate of drug-likeness (QED) is 0.680. The van der Waals surface area contributed by atoms with Crippen molar-refractivity contribution >= 4 is 5.78 Å². The minimum atomic E-state index is -0.644. The van der Waals surface area contributed by atoms with Gasteiger partial charge < -0.3 is 10.1 Å². The molecule has 1 aliphatic carbocycles. The SMILES string of the molecule is O=C(c1ccccc1)[C@@]12O[C@@H]1CCC[C@@H]2NCc1ccccc1. The number of ether oxygens (including phenoxy) is 1. The molecule has 2 fully saturated rings. The van der Waals surface area contributed by atoms with Crippen molar-refractivity contribution in [2.45, 2.75) is 43.6 Å². The van der Waals surface area contributed by atoms with Crippen LogP contribution in [0.5, 0.6) is 0 Å². The van der Waals surface area contributed by atoms with Crippen LogP contribution in [0, 0.1) is 0 Å². The summed E-state index contributed by atoms with van der Waals surface area (Å²) in [6.45, 7) is 0.769. The predicted molar refractivity (Wildman–Crippen MR) is 89.3 cm³/mol. The summed E-state index contributed by atoms with van der Waals surface area (Å²) in [6, 6.07) is 19.9.